The van der Waals surface area contributed by atoms with Crippen LogP contribution in [0.1, 0.15) is 58.9 Å². The monoisotopic (exact) mass is 511 g/mol. The van der Waals surface area contributed by atoms with Crippen LogP contribution in [0.3, 0.4) is 0 Å². The number of ether oxygens (including phenoxy) is 2. The molecule has 3 aromatic rings. The maximum atomic E-state index is 13.4. The number of rotatable bonds is 5. The van der Waals surface area contributed by atoms with Crippen LogP contribution >= 0.6 is 0 Å². The summed E-state index contributed by atoms with van der Waals surface area (Å²) in [4.78, 5) is 40.6. The van der Waals surface area contributed by atoms with Crippen molar-refractivity contribution in [2.45, 2.75) is 45.8 Å². The third-order valence-corrected chi connectivity index (χ3v) is 6.71. The molecule has 2 aliphatic heterocycles. The summed E-state index contributed by atoms with van der Waals surface area (Å²) in [5.41, 5.74) is 3.82. The van der Waals surface area contributed by atoms with Crippen LogP contribution in [0.5, 0.6) is 5.75 Å². The maximum absolute atomic E-state index is 13.4. The largest absolute Gasteiger partial charge is 0.507 e. The van der Waals surface area contributed by atoms with Gasteiger partial charge in [-0.15, -0.1) is 0 Å². The number of nitrogens with zero attached hydrogens (tertiary/aromatic N) is 1. The predicted molar refractivity (Wildman–Crippen MR) is 143 cm³/mol. The average Bonchev–Trinajstić information content (AvgIpc) is 3.17. The zero-order valence-corrected chi connectivity index (χ0v) is 21.6. The topological polar surface area (TPSA) is 93.1 Å². The number of esters is 1. The molecule has 1 unspecified atom stereocenters. The van der Waals surface area contributed by atoms with E-state index in [-0.39, 0.29) is 17.4 Å². The third-order valence-electron chi connectivity index (χ3n) is 6.71. The number of fused-ring (bicyclic) bond motifs is 1. The van der Waals surface area contributed by atoms with Crippen molar-refractivity contribution >= 4 is 29.1 Å². The van der Waals surface area contributed by atoms with Crippen LogP contribution in [0.4, 0.5) is 5.69 Å². The highest BCUT2D eigenvalue weighted by atomic mass is 16.5. The van der Waals surface area contributed by atoms with Gasteiger partial charge in [-0.25, -0.2) is 4.79 Å². The van der Waals surface area contributed by atoms with Gasteiger partial charge in [0.05, 0.1) is 29.9 Å². The molecule has 7 heteroatoms. The fourth-order valence-electron chi connectivity index (χ4n) is 4.96. The minimum atomic E-state index is -0.851. The van der Waals surface area contributed by atoms with E-state index in [1.54, 1.807) is 50.2 Å². The Hall–Kier alpha value is -4.39. The van der Waals surface area contributed by atoms with E-state index in [9.17, 15) is 19.5 Å². The number of anilines is 1. The first-order chi connectivity index (χ1) is 18.2. The summed E-state index contributed by atoms with van der Waals surface area (Å²) in [6.07, 6.45) is 1.40. The fourth-order valence-corrected chi connectivity index (χ4v) is 4.96. The number of aliphatic hydroxyl groups is 1. The van der Waals surface area contributed by atoms with Crippen LogP contribution in [0.2, 0.25) is 0 Å². The Kier molecular flexibility index (Phi) is 6.76. The number of ketones is 1. The molecule has 3 aromatic carbocycles. The molecule has 0 spiro atoms. The Bertz CT molecular complexity index is 1450. The van der Waals surface area contributed by atoms with Crippen molar-refractivity contribution in [2.75, 3.05) is 11.5 Å². The molecule has 1 N–H and O–H groups in total. The van der Waals surface area contributed by atoms with Crippen molar-refractivity contribution < 1.29 is 29.0 Å². The van der Waals surface area contributed by atoms with Gasteiger partial charge in [0.15, 0.2) is 0 Å². The second-order valence-electron chi connectivity index (χ2n) is 9.86. The highest BCUT2D eigenvalue weighted by Gasteiger charge is 2.47. The summed E-state index contributed by atoms with van der Waals surface area (Å²) < 4.78 is 10.9. The van der Waals surface area contributed by atoms with Crippen LogP contribution in [0.25, 0.3) is 5.76 Å². The molecule has 0 aromatic heterocycles. The van der Waals surface area contributed by atoms with Gasteiger partial charge in [-0.3, -0.25) is 14.5 Å². The van der Waals surface area contributed by atoms with Crippen molar-refractivity contribution in [3.63, 3.8) is 0 Å². The van der Waals surface area contributed by atoms with Gasteiger partial charge in [-0.05, 0) is 87.2 Å². The molecule has 5 rings (SSSR count). The molecule has 0 aliphatic carbocycles. The Morgan fingerprint density at radius 2 is 1.76 bits per heavy atom. The van der Waals surface area contributed by atoms with E-state index in [1.165, 1.54) is 4.90 Å². The van der Waals surface area contributed by atoms with Gasteiger partial charge in [0, 0.05) is 11.3 Å². The third kappa shape index (κ3) is 4.67. The number of carbonyl (C=O) groups excluding carboxylic acids is 3. The lowest BCUT2D eigenvalue weighted by molar-refractivity contribution is -0.132. The number of hydrogen-bond acceptors (Lipinski definition) is 6. The van der Waals surface area contributed by atoms with Gasteiger partial charge >= 0.3 is 5.97 Å². The normalized spacial score (nSPS) is 18.3. The number of aryl methyl sites for hydroxylation is 2. The molecule has 0 saturated carbocycles. The van der Waals surface area contributed by atoms with E-state index in [2.05, 4.69) is 0 Å². The Morgan fingerprint density at radius 3 is 2.47 bits per heavy atom. The highest BCUT2D eigenvalue weighted by Crippen LogP contribution is 2.43. The SMILES string of the molecule is Cc1cccc(C2/C(=C(/O)c3ccc4c(c3)CCCO4)C(=O)C(=O)N2c2ccc(C(=O)OC(C)C)cc2)c1. The van der Waals surface area contributed by atoms with Gasteiger partial charge < -0.3 is 14.6 Å². The summed E-state index contributed by atoms with van der Waals surface area (Å²) in [6.45, 7) is 6.10. The van der Waals surface area contributed by atoms with Crippen molar-refractivity contribution in [2.24, 2.45) is 0 Å². The number of benzene rings is 3. The molecule has 194 valence electrons. The minimum absolute atomic E-state index is 0.0144. The molecule has 7 nitrogen and oxygen atoms in total. The molecule has 2 heterocycles. The van der Waals surface area contributed by atoms with Gasteiger partial charge in [0.1, 0.15) is 11.5 Å². The smallest absolute Gasteiger partial charge is 0.338 e. The van der Waals surface area contributed by atoms with Crippen molar-refractivity contribution in [3.8, 4) is 5.75 Å². The van der Waals surface area contributed by atoms with Crippen LogP contribution < -0.4 is 9.64 Å². The van der Waals surface area contributed by atoms with E-state index < -0.39 is 23.7 Å². The molecular weight excluding hydrogens is 482 g/mol. The highest BCUT2D eigenvalue weighted by molar-refractivity contribution is 6.51. The first-order valence-electron chi connectivity index (χ1n) is 12.7. The molecule has 0 bridgehead atoms. The second-order valence-corrected chi connectivity index (χ2v) is 9.86. The van der Waals surface area contributed by atoms with Crippen molar-refractivity contribution in [1.29, 1.82) is 0 Å². The number of amides is 1. The Balaban J connectivity index is 1.61. The molecule has 1 saturated heterocycles. The zero-order valence-electron chi connectivity index (χ0n) is 21.6. The lowest BCUT2D eigenvalue weighted by Crippen LogP contribution is -2.29. The van der Waals surface area contributed by atoms with Crippen LogP contribution in [0.15, 0.2) is 72.3 Å². The van der Waals surface area contributed by atoms with Crippen LogP contribution in [0, 0.1) is 6.92 Å². The minimum Gasteiger partial charge on any atom is -0.507 e. The summed E-state index contributed by atoms with van der Waals surface area (Å²) >= 11 is 0. The lowest BCUT2D eigenvalue weighted by Gasteiger charge is -2.26. The van der Waals surface area contributed by atoms with E-state index in [0.29, 0.717) is 29.0 Å². The predicted octanol–water partition coefficient (Wildman–Crippen LogP) is 5.51. The number of carbonyl (C=O) groups is 3. The molecular formula is C31H29NO6. The standard InChI is InChI=1S/C31H29NO6/c1-18(2)38-31(36)20-9-12-24(13-10-20)32-27(22-7-4-6-19(3)16-22)26(29(34)30(32)35)28(33)23-11-14-25-21(17-23)8-5-15-37-25/h4,6-7,9-14,16-18,27,33H,5,8,15H2,1-3H3/b28-26-. The summed E-state index contributed by atoms with van der Waals surface area (Å²) in [5, 5.41) is 11.5. The van der Waals surface area contributed by atoms with Crippen LogP contribution in [-0.2, 0) is 20.7 Å². The first kappa shape index (κ1) is 25.3. The molecule has 1 amide bonds. The van der Waals surface area contributed by atoms with Crippen LogP contribution in [-0.4, -0.2) is 35.5 Å². The number of hydrogen-bond donors (Lipinski definition) is 1. The average molecular weight is 512 g/mol. The number of aliphatic hydroxyl groups excluding tert-OH is 1. The molecule has 1 atom stereocenters. The van der Waals surface area contributed by atoms with Crippen molar-refractivity contribution in [1.82, 2.24) is 0 Å². The van der Waals surface area contributed by atoms with Gasteiger partial charge in [0.25, 0.3) is 11.7 Å². The number of Topliss-reactive ketones (excluding diaryl/α,β-unsaturated/α-hetero) is 1. The first-order valence-corrected chi connectivity index (χ1v) is 12.7. The van der Waals surface area contributed by atoms with Gasteiger partial charge in [0.2, 0.25) is 0 Å². The molecule has 38 heavy (non-hydrogen) atoms. The fraction of sp³-hybridized carbons (Fsp3) is 0.258. The molecule has 2 aliphatic rings. The molecule has 0 radical (unpaired) electrons. The summed E-state index contributed by atoms with van der Waals surface area (Å²) in [5.74, 6) is -1.47. The summed E-state index contributed by atoms with van der Waals surface area (Å²) in [6, 6.07) is 18.3. The van der Waals surface area contributed by atoms with Gasteiger partial charge in [-0.2, -0.15) is 0 Å². The molecule has 1 fully saturated rings. The van der Waals surface area contributed by atoms with Gasteiger partial charge in [-0.1, -0.05) is 29.8 Å². The second kappa shape index (κ2) is 10.2. The van der Waals surface area contributed by atoms with E-state index in [0.717, 1.165) is 29.7 Å². The lowest BCUT2D eigenvalue weighted by atomic mass is 9.93. The van der Waals surface area contributed by atoms with E-state index >= 15 is 0 Å². The Morgan fingerprint density at radius 1 is 1.03 bits per heavy atom. The quantitative estimate of drug-likeness (QED) is 0.210. The maximum Gasteiger partial charge on any atom is 0.338 e. The van der Waals surface area contributed by atoms with Crippen molar-refractivity contribution in [3.05, 3.63) is 100 Å². The zero-order chi connectivity index (χ0) is 27.0. The van der Waals surface area contributed by atoms with E-state index in [4.69, 9.17) is 9.47 Å². The summed E-state index contributed by atoms with van der Waals surface area (Å²) in [7, 11) is 0. The Labute approximate surface area is 221 Å². The van der Waals surface area contributed by atoms with E-state index in [1.807, 2.05) is 37.3 Å².